The van der Waals surface area contributed by atoms with Crippen molar-refractivity contribution in [2.24, 2.45) is 0 Å². The molecule has 0 aliphatic heterocycles. The molecule has 0 heterocycles. The summed E-state index contributed by atoms with van der Waals surface area (Å²) in [7, 11) is 0. The van der Waals surface area contributed by atoms with E-state index in [1.54, 1.807) is 24.3 Å². The molecule has 0 amide bonds. The van der Waals surface area contributed by atoms with Gasteiger partial charge in [0.1, 0.15) is 23.0 Å². The number of fused-ring (bicyclic) bond motifs is 1. The summed E-state index contributed by atoms with van der Waals surface area (Å²) in [5, 5.41) is 21.4. The van der Waals surface area contributed by atoms with Crippen molar-refractivity contribution in [2.75, 3.05) is 6.61 Å². The molecular formula is C31H32O5. The highest BCUT2D eigenvalue weighted by atomic mass is 16.5. The van der Waals surface area contributed by atoms with Crippen LogP contribution in [0.2, 0.25) is 0 Å². The molecule has 0 saturated heterocycles. The zero-order valence-electron chi connectivity index (χ0n) is 20.6. The second-order valence-corrected chi connectivity index (χ2v) is 8.92. The van der Waals surface area contributed by atoms with Gasteiger partial charge in [0.25, 0.3) is 0 Å². The fraction of sp³-hybridized carbons (Fsp3) is 0.258. The Morgan fingerprint density at radius 1 is 0.806 bits per heavy atom. The summed E-state index contributed by atoms with van der Waals surface area (Å²) in [6.45, 7) is 2.66. The lowest BCUT2D eigenvalue weighted by Gasteiger charge is -2.15. The smallest absolute Gasteiger partial charge is 0.306 e. The van der Waals surface area contributed by atoms with Crippen molar-refractivity contribution < 1.29 is 24.5 Å². The summed E-state index contributed by atoms with van der Waals surface area (Å²) >= 11 is 0. The molecule has 0 bridgehead atoms. The number of aromatic hydroxyl groups is 2. The molecule has 0 aliphatic rings. The third kappa shape index (κ3) is 6.57. The van der Waals surface area contributed by atoms with E-state index in [2.05, 4.69) is 6.92 Å². The van der Waals surface area contributed by atoms with Gasteiger partial charge in [-0.25, -0.2) is 0 Å². The summed E-state index contributed by atoms with van der Waals surface area (Å²) in [6.07, 6.45) is 5.31. The monoisotopic (exact) mass is 484 g/mol. The molecule has 0 saturated carbocycles. The van der Waals surface area contributed by atoms with E-state index < -0.39 is 0 Å². The summed E-state index contributed by atoms with van der Waals surface area (Å²) in [5.41, 5.74) is 2.81. The van der Waals surface area contributed by atoms with E-state index in [0.29, 0.717) is 30.9 Å². The molecule has 5 heteroatoms. The molecule has 5 nitrogen and oxygen atoms in total. The van der Waals surface area contributed by atoms with Crippen molar-refractivity contribution in [3.05, 3.63) is 84.4 Å². The number of esters is 1. The van der Waals surface area contributed by atoms with E-state index in [-0.39, 0.29) is 17.5 Å². The van der Waals surface area contributed by atoms with Crippen LogP contribution in [-0.2, 0) is 16.0 Å². The van der Waals surface area contributed by atoms with Gasteiger partial charge >= 0.3 is 5.97 Å². The molecule has 0 atom stereocenters. The molecule has 2 N–H and O–H groups in total. The number of benzene rings is 4. The number of phenols is 2. The molecule has 186 valence electrons. The third-order valence-corrected chi connectivity index (χ3v) is 6.15. The lowest BCUT2D eigenvalue weighted by molar-refractivity contribution is -0.143. The van der Waals surface area contributed by atoms with Crippen LogP contribution in [0.1, 0.15) is 44.6 Å². The van der Waals surface area contributed by atoms with E-state index >= 15 is 0 Å². The van der Waals surface area contributed by atoms with Gasteiger partial charge in [0.2, 0.25) is 0 Å². The first-order chi connectivity index (χ1) is 17.5. The number of hydrogen-bond acceptors (Lipinski definition) is 5. The van der Waals surface area contributed by atoms with Gasteiger partial charge in [-0.15, -0.1) is 0 Å². The maximum absolute atomic E-state index is 12.0. The van der Waals surface area contributed by atoms with Crippen LogP contribution in [0.4, 0.5) is 0 Å². The highest BCUT2D eigenvalue weighted by molar-refractivity contribution is 5.96. The van der Waals surface area contributed by atoms with Crippen LogP contribution in [0.3, 0.4) is 0 Å². The van der Waals surface area contributed by atoms with Crippen molar-refractivity contribution in [2.45, 2.75) is 45.4 Å². The van der Waals surface area contributed by atoms with E-state index in [1.165, 1.54) is 6.42 Å². The standard InChI is InChI=1S/C31H32O5/c1-2-3-4-5-20-35-30(34)19-8-22-6-15-27(16-7-22)36-31-28(23-9-12-25(32)13-10-23)17-11-24-21-26(33)14-18-29(24)31/h6-7,9-18,21,32-33H,2-5,8,19-20H2,1H3. The van der Waals surface area contributed by atoms with E-state index in [0.717, 1.165) is 46.7 Å². The average Bonchev–Trinajstić information content (AvgIpc) is 2.89. The van der Waals surface area contributed by atoms with E-state index in [1.807, 2.05) is 54.6 Å². The van der Waals surface area contributed by atoms with Crippen molar-refractivity contribution in [3.63, 3.8) is 0 Å². The molecule has 0 fully saturated rings. The quantitative estimate of drug-likeness (QED) is 0.168. The number of hydrogen-bond donors (Lipinski definition) is 2. The Morgan fingerprint density at radius 2 is 1.56 bits per heavy atom. The Kier molecular flexibility index (Phi) is 8.45. The largest absolute Gasteiger partial charge is 0.508 e. The van der Waals surface area contributed by atoms with Crippen LogP contribution in [-0.4, -0.2) is 22.8 Å². The molecule has 0 unspecified atom stereocenters. The Balaban J connectivity index is 1.47. The Morgan fingerprint density at radius 3 is 2.31 bits per heavy atom. The normalized spacial score (nSPS) is 10.9. The number of aryl methyl sites for hydroxylation is 1. The van der Waals surface area contributed by atoms with Gasteiger partial charge in [0.15, 0.2) is 0 Å². The molecule has 0 aliphatic carbocycles. The van der Waals surface area contributed by atoms with Gasteiger partial charge in [-0.1, -0.05) is 56.5 Å². The van der Waals surface area contributed by atoms with Gasteiger partial charge in [-0.3, -0.25) is 4.79 Å². The van der Waals surface area contributed by atoms with Crippen molar-refractivity contribution in [3.8, 4) is 34.1 Å². The maximum Gasteiger partial charge on any atom is 0.306 e. The van der Waals surface area contributed by atoms with Crippen LogP contribution in [0, 0.1) is 0 Å². The number of rotatable bonds is 11. The Labute approximate surface area is 211 Å². The number of carbonyl (C=O) groups excluding carboxylic acids is 1. The van der Waals surface area contributed by atoms with Gasteiger partial charge in [-0.2, -0.15) is 0 Å². The summed E-state index contributed by atoms with van der Waals surface area (Å²) < 4.78 is 11.7. The fourth-order valence-electron chi connectivity index (χ4n) is 4.14. The van der Waals surface area contributed by atoms with Crippen LogP contribution in [0.25, 0.3) is 21.9 Å². The van der Waals surface area contributed by atoms with Gasteiger partial charge in [0.05, 0.1) is 6.61 Å². The minimum absolute atomic E-state index is 0.163. The minimum Gasteiger partial charge on any atom is -0.508 e. The lowest BCUT2D eigenvalue weighted by atomic mass is 9.99. The number of phenolic OH excluding ortho intramolecular Hbond substituents is 2. The van der Waals surface area contributed by atoms with Gasteiger partial charge < -0.3 is 19.7 Å². The zero-order chi connectivity index (χ0) is 25.3. The summed E-state index contributed by atoms with van der Waals surface area (Å²) in [4.78, 5) is 12.0. The first-order valence-electron chi connectivity index (χ1n) is 12.5. The molecule has 0 spiro atoms. The second kappa shape index (κ2) is 12.1. The molecule has 4 aromatic rings. The first-order valence-corrected chi connectivity index (χ1v) is 12.5. The van der Waals surface area contributed by atoms with Crippen molar-refractivity contribution >= 4 is 16.7 Å². The molecule has 0 radical (unpaired) electrons. The SMILES string of the molecule is CCCCCCOC(=O)CCc1ccc(Oc2c(-c3ccc(O)cc3)ccc3cc(O)ccc23)cc1. The molecule has 0 aromatic heterocycles. The highest BCUT2D eigenvalue weighted by Gasteiger charge is 2.13. The average molecular weight is 485 g/mol. The number of ether oxygens (including phenoxy) is 2. The summed E-state index contributed by atoms with van der Waals surface area (Å²) in [6, 6.07) is 23.8. The van der Waals surface area contributed by atoms with Gasteiger partial charge in [0, 0.05) is 17.4 Å². The molecule has 36 heavy (non-hydrogen) atoms. The van der Waals surface area contributed by atoms with Crippen LogP contribution in [0.5, 0.6) is 23.0 Å². The zero-order valence-corrected chi connectivity index (χ0v) is 20.6. The second-order valence-electron chi connectivity index (χ2n) is 8.92. The van der Waals surface area contributed by atoms with Gasteiger partial charge in [-0.05, 0) is 77.9 Å². The van der Waals surface area contributed by atoms with Crippen LogP contribution >= 0.6 is 0 Å². The highest BCUT2D eigenvalue weighted by Crippen LogP contribution is 2.40. The predicted molar refractivity (Wildman–Crippen MR) is 143 cm³/mol. The van der Waals surface area contributed by atoms with Crippen molar-refractivity contribution in [1.29, 1.82) is 0 Å². The number of unbranched alkanes of at least 4 members (excludes halogenated alkanes) is 3. The topological polar surface area (TPSA) is 76.0 Å². The van der Waals surface area contributed by atoms with Crippen LogP contribution < -0.4 is 4.74 Å². The predicted octanol–water partition coefficient (Wildman–Crippen LogP) is 7.77. The van der Waals surface area contributed by atoms with Crippen molar-refractivity contribution in [1.82, 2.24) is 0 Å². The van der Waals surface area contributed by atoms with E-state index in [9.17, 15) is 15.0 Å². The Hall–Kier alpha value is -3.99. The lowest BCUT2D eigenvalue weighted by Crippen LogP contribution is -2.07. The van der Waals surface area contributed by atoms with Crippen LogP contribution in [0.15, 0.2) is 78.9 Å². The fourth-order valence-corrected chi connectivity index (χ4v) is 4.14. The number of carbonyl (C=O) groups is 1. The third-order valence-electron chi connectivity index (χ3n) is 6.15. The molecular weight excluding hydrogens is 452 g/mol. The minimum atomic E-state index is -0.163. The molecule has 4 rings (SSSR count). The molecule has 4 aromatic carbocycles. The van der Waals surface area contributed by atoms with E-state index in [4.69, 9.17) is 9.47 Å². The Bertz CT molecular complexity index is 1290. The summed E-state index contributed by atoms with van der Waals surface area (Å²) in [5.74, 6) is 1.55. The first kappa shape index (κ1) is 25.1. The maximum atomic E-state index is 12.0.